The molecule has 0 fully saturated rings. The molecule has 0 aromatic heterocycles. The van der Waals surface area contributed by atoms with Crippen molar-refractivity contribution in [3.05, 3.63) is 58.6 Å². The minimum atomic E-state index is -2.62. The second-order valence-electron chi connectivity index (χ2n) is 8.93. The van der Waals surface area contributed by atoms with E-state index in [9.17, 15) is 4.21 Å². The van der Waals surface area contributed by atoms with Crippen LogP contribution in [0.5, 0.6) is 0 Å². The molecule has 1 heterocycles. The molecule has 4 heteroatoms. The van der Waals surface area contributed by atoms with Gasteiger partial charge >= 0.3 is 0 Å². The zero-order chi connectivity index (χ0) is 20.7. The summed E-state index contributed by atoms with van der Waals surface area (Å²) in [6, 6.07) is 10.7. The van der Waals surface area contributed by atoms with Gasteiger partial charge in [-0.1, -0.05) is 55.5 Å². The van der Waals surface area contributed by atoms with Gasteiger partial charge in [-0.25, -0.2) is 8.57 Å². The third-order valence-electron chi connectivity index (χ3n) is 5.61. The van der Waals surface area contributed by atoms with Crippen LogP contribution in [0.1, 0.15) is 36.5 Å². The van der Waals surface area contributed by atoms with Crippen LogP contribution in [0.3, 0.4) is 0 Å². The van der Waals surface area contributed by atoms with E-state index in [1.807, 2.05) is 6.07 Å². The van der Waals surface area contributed by atoms with Crippen LogP contribution >= 0.6 is 0 Å². The first kappa shape index (κ1) is 18.9. The molecule has 2 atom stereocenters. The lowest BCUT2D eigenvalue weighted by Crippen LogP contribution is -2.43. The van der Waals surface area contributed by atoms with E-state index >= 15 is 0 Å². The second-order valence-corrected chi connectivity index (χ2v) is 16.4. The van der Waals surface area contributed by atoms with Crippen LogP contribution in [0, 0.1) is 20.8 Å². The molecule has 0 aliphatic carbocycles. The molecule has 1 aliphatic rings. The average molecular weight is 401 g/mol. The molecule has 27 heavy (non-hydrogen) atoms. The van der Waals surface area contributed by atoms with Crippen LogP contribution < -0.4 is 5.19 Å². The van der Waals surface area contributed by atoms with Gasteiger partial charge in [-0.05, 0) is 68.0 Å². The van der Waals surface area contributed by atoms with Crippen LogP contribution in [0.25, 0.3) is 0 Å². The van der Waals surface area contributed by atoms with Crippen LogP contribution in [0.2, 0.25) is 19.6 Å². The number of hydrogen-bond acceptors (Lipinski definition) is 2. The maximum atomic E-state index is 14.5. The summed E-state index contributed by atoms with van der Waals surface area (Å²) in [5.74, 6) is 0. The van der Waals surface area contributed by atoms with E-state index in [1.165, 1.54) is 22.3 Å². The molecule has 0 radical (unpaired) electrons. The molecule has 3 rings (SSSR count). The Hall–Kier alpha value is -1.39. The smallest absolute Gasteiger partial charge is 0.0792 e. The molecule has 2 aromatic carbocycles. The highest BCUT2D eigenvalue weighted by atomic mass is 32.2. The number of benzene rings is 2. The molecule has 0 saturated carbocycles. The molecular formula is C23H33NOSSi. The minimum absolute atomic E-state index is 0.0250. The Bertz CT molecular complexity index is 993. The van der Waals surface area contributed by atoms with Gasteiger partial charge in [0.1, 0.15) is 0 Å². The van der Waals surface area contributed by atoms with E-state index in [0.717, 1.165) is 29.3 Å². The van der Waals surface area contributed by atoms with Crippen molar-refractivity contribution in [1.82, 2.24) is 0 Å². The first-order chi connectivity index (χ1) is 13.0. The van der Waals surface area contributed by atoms with Crippen molar-refractivity contribution >= 4 is 23.0 Å². The van der Waals surface area contributed by atoms with Gasteiger partial charge in [0, 0.05) is 11.4 Å². The third-order valence-corrected chi connectivity index (χ3v) is 10.6. The van der Waals surface area contributed by atoms with Crippen molar-refractivity contribution in [2.45, 2.75) is 69.8 Å². The summed E-state index contributed by atoms with van der Waals surface area (Å²) in [4.78, 5) is 0.737. The molecule has 2 aromatic rings. The van der Waals surface area contributed by atoms with E-state index in [4.69, 9.17) is 5.73 Å². The van der Waals surface area contributed by atoms with E-state index in [1.54, 1.807) is 6.07 Å². The summed E-state index contributed by atoms with van der Waals surface area (Å²) in [5, 5.41) is 1.11. The van der Waals surface area contributed by atoms with Crippen molar-refractivity contribution in [1.29, 1.82) is 0 Å². The van der Waals surface area contributed by atoms with E-state index in [2.05, 4.69) is 58.6 Å². The predicted molar refractivity (Wildman–Crippen MR) is 121 cm³/mol. The van der Waals surface area contributed by atoms with Crippen molar-refractivity contribution < 1.29 is 5.58 Å². The molecule has 1 aliphatic heterocycles. The molecule has 0 spiro atoms. The Kier molecular flexibility index (Phi) is 5.30. The highest BCUT2D eigenvalue weighted by Gasteiger charge is 2.33. The normalized spacial score (nSPS) is 23.6. The Morgan fingerprint density at radius 1 is 1.19 bits per heavy atom. The summed E-state index contributed by atoms with van der Waals surface area (Å²) in [7, 11) is -4.37. The number of hydrogen-bond donors (Lipinski definition) is 0. The van der Waals surface area contributed by atoms with Crippen molar-refractivity contribution in [2.24, 2.45) is 4.36 Å². The van der Waals surface area contributed by atoms with E-state index in [0.29, 0.717) is 12.6 Å². The molecule has 0 unspecified atom stereocenters. The van der Waals surface area contributed by atoms with Gasteiger partial charge in [-0.15, -0.1) is 0 Å². The van der Waals surface area contributed by atoms with Crippen LogP contribution in [-0.2, 0) is 16.1 Å². The van der Waals surface area contributed by atoms with Crippen molar-refractivity contribution in [2.75, 3.05) is 6.54 Å². The molecule has 2 nitrogen and oxygen atoms in total. The molecule has 0 amide bonds. The lowest BCUT2D eigenvalue weighted by atomic mass is 9.95. The minimum Gasteiger partial charge on any atom is -0.244 e. The number of rotatable bonds is 4. The molecule has 0 bridgehead atoms. The second kappa shape index (κ2) is 7.55. The van der Waals surface area contributed by atoms with Crippen molar-refractivity contribution in [3.8, 4) is 0 Å². The topological polar surface area (TPSA) is 29.4 Å². The summed E-state index contributed by atoms with van der Waals surface area (Å²) in [6.07, 6.45) is 2.67. The number of aryl methyl sites for hydroxylation is 3. The Balaban J connectivity index is 2.16. The average Bonchev–Trinajstić information content (AvgIpc) is 2.58. The van der Waals surface area contributed by atoms with Gasteiger partial charge in [0.15, 0.2) is 0 Å². The summed E-state index contributed by atoms with van der Waals surface area (Å²) in [5.41, 5.74) is 5.12. The zero-order valence-corrected chi connectivity index (χ0v) is 19.4. The maximum absolute atomic E-state index is 14.5. The molecular weight excluding hydrogens is 366 g/mol. The van der Waals surface area contributed by atoms with Gasteiger partial charge in [-0.3, -0.25) is 0 Å². The van der Waals surface area contributed by atoms with Crippen LogP contribution in [0.15, 0.2) is 45.6 Å². The largest absolute Gasteiger partial charge is 0.244 e. The first-order valence-electron chi connectivity index (χ1n) is 10.4. The van der Waals surface area contributed by atoms with Gasteiger partial charge in [-0.2, -0.15) is 0 Å². The van der Waals surface area contributed by atoms with Gasteiger partial charge in [0.05, 0.1) is 24.4 Å². The number of nitrogens with zero attached hydrogens (tertiary/aromatic N) is 1. The van der Waals surface area contributed by atoms with E-state index < -0.39 is 17.8 Å². The zero-order valence-electron chi connectivity index (χ0n) is 18.6. The monoisotopic (exact) mass is 400 g/mol. The Morgan fingerprint density at radius 2 is 1.85 bits per heavy atom. The lowest BCUT2D eigenvalue weighted by molar-refractivity contribution is 0.611. The lowest BCUT2D eigenvalue weighted by Gasteiger charge is -2.30. The highest BCUT2D eigenvalue weighted by molar-refractivity contribution is 7.94. The fourth-order valence-corrected chi connectivity index (χ4v) is 9.52. The molecule has 146 valence electrons. The maximum Gasteiger partial charge on any atom is 0.0792 e. The standard InChI is InChI=1S/C23H33NOSSi/c1-17-14-18(2)21(19(3)15-17)16-20-10-9-13-24-26(20,25)22-11-7-8-12-23(22)27(4,5)6/h7-8,11-12,14-15,20H,9-10,13,16H2,1-6H3/t20-,26-/m0/s1/i11D. The fraction of sp³-hybridized carbons (Fsp3) is 0.478. The first-order valence-corrected chi connectivity index (χ1v) is 15.0. The Labute approximate surface area is 168 Å². The highest BCUT2D eigenvalue weighted by Crippen LogP contribution is 2.31. The van der Waals surface area contributed by atoms with Gasteiger partial charge in [0.25, 0.3) is 0 Å². The SMILES string of the molecule is [2H]c1cccc([Si](C)(C)C)c1[S@]1(=O)=NCCC[C@H]1Cc1c(C)cc(C)cc1C. The fourth-order valence-electron chi connectivity index (χ4n) is 4.24. The predicted octanol–water partition coefficient (Wildman–Crippen LogP) is 5.39. The summed E-state index contributed by atoms with van der Waals surface area (Å²) >= 11 is 0. The van der Waals surface area contributed by atoms with Crippen LogP contribution in [-0.4, -0.2) is 24.1 Å². The third kappa shape index (κ3) is 4.07. The quantitative estimate of drug-likeness (QED) is 0.633. The summed E-state index contributed by atoms with van der Waals surface area (Å²) in [6.45, 7) is 13.9. The van der Waals surface area contributed by atoms with E-state index in [-0.39, 0.29) is 5.25 Å². The molecule has 0 N–H and O–H groups in total. The molecule has 0 saturated heterocycles. The van der Waals surface area contributed by atoms with Gasteiger partial charge in [0.2, 0.25) is 0 Å². The Morgan fingerprint density at radius 3 is 2.48 bits per heavy atom. The summed E-state index contributed by atoms with van der Waals surface area (Å²) < 4.78 is 27.8. The van der Waals surface area contributed by atoms with Crippen molar-refractivity contribution in [3.63, 3.8) is 0 Å². The van der Waals surface area contributed by atoms with Crippen LogP contribution in [0.4, 0.5) is 0 Å². The van der Waals surface area contributed by atoms with Gasteiger partial charge < -0.3 is 0 Å².